The molecule has 0 bridgehead atoms. The van der Waals surface area contributed by atoms with E-state index in [0.717, 1.165) is 18.2 Å². The van der Waals surface area contributed by atoms with E-state index in [2.05, 4.69) is 15.6 Å². The Hall–Kier alpha value is -2.40. The summed E-state index contributed by atoms with van der Waals surface area (Å²) in [5.74, 6) is -0.712. The highest BCUT2D eigenvalue weighted by Gasteiger charge is 2.14. The summed E-state index contributed by atoms with van der Waals surface area (Å²) >= 11 is 1.04. The van der Waals surface area contributed by atoms with Gasteiger partial charge in [-0.15, -0.1) is 0 Å². The van der Waals surface area contributed by atoms with Gasteiger partial charge in [0, 0.05) is 17.8 Å². The largest absolute Gasteiger partial charge is 0.338 e. The Morgan fingerprint density at radius 3 is 2.65 bits per heavy atom. The van der Waals surface area contributed by atoms with Crippen LogP contribution in [0.15, 0.2) is 11.1 Å². The summed E-state index contributed by atoms with van der Waals surface area (Å²) in [6.45, 7) is 5.46. The molecule has 0 aliphatic heterocycles. The summed E-state index contributed by atoms with van der Waals surface area (Å²) in [5, 5.41) is 14.2. The van der Waals surface area contributed by atoms with Gasteiger partial charge in [-0.05, 0) is 26.3 Å². The minimum absolute atomic E-state index is 0.0555. The number of nitrogens with zero attached hydrogens (tertiary/aromatic N) is 2. The Morgan fingerprint density at radius 1 is 1.39 bits per heavy atom. The standard InChI is InChI=1S/C15H18N4O3S/c1-4-5-17-15(22)19-13(21)8-23-14-11(7-16)6-12(10(3)20)9(2)18-14/h6H,4-5,8H2,1-3H3,(H2,17,19,21,22). The summed E-state index contributed by atoms with van der Waals surface area (Å²) in [6, 6.07) is 2.89. The van der Waals surface area contributed by atoms with E-state index in [1.807, 2.05) is 13.0 Å². The molecule has 0 unspecified atom stereocenters. The maximum absolute atomic E-state index is 11.7. The van der Waals surface area contributed by atoms with E-state index >= 15 is 0 Å². The molecule has 0 saturated carbocycles. The number of aryl methyl sites for hydroxylation is 1. The van der Waals surface area contributed by atoms with Crippen LogP contribution in [0.1, 0.15) is 41.9 Å². The van der Waals surface area contributed by atoms with Crippen LogP contribution in [0.25, 0.3) is 0 Å². The first-order valence-corrected chi connectivity index (χ1v) is 8.00. The van der Waals surface area contributed by atoms with Gasteiger partial charge in [0.15, 0.2) is 5.78 Å². The molecule has 8 heteroatoms. The van der Waals surface area contributed by atoms with Crippen LogP contribution >= 0.6 is 11.8 Å². The predicted octanol–water partition coefficient (Wildman–Crippen LogP) is 1.79. The van der Waals surface area contributed by atoms with Crippen LogP contribution in [0.2, 0.25) is 0 Å². The number of ketones is 1. The minimum Gasteiger partial charge on any atom is -0.338 e. The molecule has 23 heavy (non-hydrogen) atoms. The van der Waals surface area contributed by atoms with Crippen molar-refractivity contribution in [3.05, 3.63) is 22.9 Å². The Labute approximate surface area is 138 Å². The minimum atomic E-state index is -0.547. The Morgan fingerprint density at radius 2 is 2.09 bits per heavy atom. The lowest BCUT2D eigenvalue weighted by molar-refractivity contribution is -0.117. The number of carbonyl (C=O) groups excluding carboxylic acids is 3. The number of pyridine rings is 1. The fourth-order valence-electron chi connectivity index (χ4n) is 1.71. The van der Waals surface area contributed by atoms with Crippen LogP contribution in [0.5, 0.6) is 0 Å². The molecule has 0 fully saturated rings. The number of nitrogens with one attached hydrogen (secondary N) is 2. The molecule has 2 N–H and O–H groups in total. The van der Waals surface area contributed by atoms with E-state index in [0.29, 0.717) is 22.8 Å². The lowest BCUT2D eigenvalue weighted by atomic mass is 10.1. The van der Waals surface area contributed by atoms with E-state index in [1.54, 1.807) is 6.92 Å². The molecule has 1 rings (SSSR count). The number of amides is 3. The van der Waals surface area contributed by atoms with Crippen molar-refractivity contribution in [3.8, 4) is 6.07 Å². The molecule has 0 aliphatic carbocycles. The summed E-state index contributed by atoms with van der Waals surface area (Å²) in [5.41, 5.74) is 1.11. The second kappa shape index (κ2) is 8.90. The maximum Gasteiger partial charge on any atom is 0.321 e. The normalized spacial score (nSPS) is 9.83. The average molecular weight is 334 g/mol. The van der Waals surface area contributed by atoms with Crippen molar-refractivity contribution in [1.29, 1.82) is 5.26 Å². The van der Waals surface area contributed by atoms with Gasteiger partial charge in [-0.2, -0.15) is 5.26 Å². The first kappa shape index (κ1) is 18.6. The third-order valence-corrected chi connectivity index (χ3v) is 3.80. The lowest BCUT2D eigenvalue weighted by Gasteiger charge is -2.08. The molecule has 0 aromatic carbocycles. The van der Waals surface area contributed by atoms with Gasteiger partial charge in [-0.25, -0.2) is 9.78 Å². The van der Waals surface area contributed by atoms with Crippen LogP contribution in [-0.4, -0.2) is 35.0 Å². The quantitative estimate of drug-likeness (QED) is 0.606. The lowest BCUT2D eigenvalue weighted by Crippen LogP contribution is -2.40. The van der Waals surface area contributed by atoms with Crippen LogP contribution in [0.3, 0.4) is 0 Å². The van der Waals surface area contributed by atoms with Crippen molar-refractivity contribution in [3.63, 3.8) is 0 Å². The number of carbonyl (C=O) groups is 3. The molecule has 3 amide bonds. The third kappa shape index (κ3) is 5.71. The van der Waals surface area contributed by atoms with Gasteiger partial charge < -0.3 is 5.32 Å². The second-order valence-electron chi connectivity index (χ2n) is 4.73. The van der Waals surface area contributed by atoms with Crippen LogP contribution in [0.4, 0.5) is 4.79 Å². The fourth-order valence-corrected chi connectivity index (χ4v) is 2.51. The van der Waals surface area contributed by atoms with Crippen molar-refractivity contribution >= 4 is 29.5 Å². The molecule has 1 heterocycles. The molecule has 1 aromatic rings. The molecular weight excluding hydrogens is 316 g/mol. The smallest absolute Gasteiger partial charge is 0.321 e. The van der Waals surface area contributed by atoms with E-state index in [4.69, 9.17) is 5.26 Å². The highest BCUT2D eigenvalue weighted by atomic mass is 32.2. The molecule has 122 valence electrons. The zero-order valence-electron chi connectivity index (χ0n) is 13.2. The number of thioether (sulfide) groups is 1. The zero-order chi connectivity index (χ0) is 17.4. The molecule has 0 spiro atoms. The van der Waals surface area contributed by atoms with Gasteiger partial charge in [0.1, 0.15) is 11.1 Å². The van der Waals surface area contributed by atoms with Gasteiger partial charge >= 0.3 is 6.03 Å². The number of imide groups is 1. The van der Waals surface area contributed by atoms with E-state index in [1.165, 1.54) is 13.0 Å². The molecule has 0 radical (unpaired) electrons. The summed E-state index contributed by atoms with van der Waals surface area (Å²) in [7, 11) is 0. The van der Waals surface area contributed by atoms with Crippen molar-refractivity contribution < 1.29 is 14.4 Å². The Kier molecular flexibility index (Phi) is 7.22. The van der Waals surface area contributed by atoms with Gasteiger partial charge in [-0.1, -0.05) is 18.7 Å². The molecule has 0 aliphatic rings. The van der Waals surface area contributed by atoms with Crippen molar-refractivity contribution in [2.24, 2.45) is 0 Å². The number of rotatable bonds is 6. The molecule has 1 aromatic heterocycles. The molecule has 0 atom stereocenters. The third-order valence-electron chi connectivity index (χ3n) is 2.81. The van der Waals surface area contributed by atoms with Gasteiger partial charge in [0.2, 0.25) is 5.91 Å². The number of urea groups is 1. The van der Waals surface area contributed by atoms with E-state index < -0.39 is 11.9 Å². The molecular formula is C15H18N4O3S. The number of hydrogen-bond donors (Lipinski definition) is 2. The van der Waals surface area contributed by atoms with Crippen LogP contribution in [0, 0.1) is 18.3 Å². The van der Waals surface area contributed by atoms with Crippen molar-refractivity contribution in [2.45, 2.75) is 32.2 Å². The van der Waals surface area contributed by atoms with Crippen molar-refractivity contribution in [2.75, 3.05) is 12.3 Å². The van der Waals surface area contributed by atoms with Crippen LogP contribution < -0.4 is 10.6 Å². The summed E-state index contributed by atoms with van der Waals surface area (Å²) in [6.07, 6.45) is 0.771. The van der Waals surface area contributed by atoms with Gasteiger partial charge in [0.25, 0.3) is 0 Å². The first-order valence-electron chi connectivity index (χ1n) is 7.02. The first-order chi connectivity index (χ1) is 10.9. The molecule has 0 saturated heterocycles. The van der Waals surface area contributed by atoms with Gasteiger partial charge in [0.05, 0.1) is 11.3 Å². The SMILES string of the molecule is CCCNC(=O)NC(=O)CSc1nc(C)c(C(C)=O)cc1C#N. The fraction of sp³-hybridized carbons (Fsp3) is 0.400. The summed E-state index contributed by atoms with van der Waals surface area (Å²) in [4.78, 5) is 38.7. The van der Waals surface area contributed by atoms with Crippen LogP contribution in [-0.2, 0) is 4.79 Å². The number of hydrogen-bond acceptors (Lipinski definition) is 6. The highest BCUT2D eigenvalue weighted by molar-refractivity contribution is 8.00. The Bertz CT molecular complexity index is 667. The highest BCUT2D eigenvalue weighted by Crippen LogP contribution is 2.22. The average Bonchev–Trinajstić information content (AvgIpc) is 2.50. The Balaban J connectivity index is 2.73. The van der Waals surface area contributed by atoms with E-state index in [-0.39, 0.29) is 17.1 Å². The van der Waals surface area contributed by atoms with Gasteiger partial charge in [-0.3, -0.25) is 14.9 Å². The van der Waals surface area contributed by atoms with E-state index in [9.17, 15) is 14.4 Å². The van der Waals surface area contributed by atoms with Crippen molar-refractivity contribution in [1.82, 2.24) is 15.6 Å². The second-order valence-corrected chi connectivity index (χ2v) is 5.70. The number of aromatic nitrogens is 1. The number of Topliss-reactive ketones (excluding diaryl/α,β-unsaturated/α-hetero) is 1. The summed E-state index contributed by atoms with van der Waals surface area (Å²) < 4.78 is 0. The topological polar surface area (TPSA) is 112 Å². The molecule has 7 nitrogen and oxygen atoms in total. The number of nitriles is 1. The zero-order valence-corrected chi connectivity index (χ0v) is 14.0. The monoisotopic (exact) mass is 334 g/mol. The maximum atomic E-state index is 11.7. The predicted molar refractivity (Wildman–Crippen MR) is 86.2 cm³/mol.